The summed E-state index contributed by atoms with van der Waals surface area (Å²) in [6, 6.07) is 14.1. The molecule has 2 rings (SSSR count). The van der Waals surface area contributed by atoms with E-state index < -0.39 is 0 Å². The molecule has 0 spiro atoms. The maximum atomic E-state index is 5.61. The van der Waals surface area contributed by atoms with Crippen LogP contribution in [0.3, 0.4) is 0 Å². The maximum absolute atomic E-state index is 5.61. The molecule has 3 nitrogen and oxygen atoms in total. The van der Waals surface area contributed by atoms with Gasteiger partial charge in [0.05, 0.1) is 19.8 Å². The van der Waals surface area contributed by atoms with Crippen LogP contribution in [0, 0.1) is 0 Å². The van der Waals surface area contributed by atoms with Crippen molar-refractivity contribution in [2.45, 2.75) is 6.42 Å². The van der Waals surface area contributed by atoms with E-state index in [1.54, 1.807) is 14.2 Å². The van der Waals surface area contributed by atoms with Crippen LogP contribution in [0.25, 0.3) is 11.1 Å². The first kappa shape index (κ1) is 13.4. The molecule has 2 aromatic carbocycles. The highest BCUT2D eigenvalue weighted by Crippen LogP contribution is 2.38. The van der Waals surface area contributed by atoms with Crippen LogP contribution in [0.4, 0.5) is 0 Å². The highest BCUT2D eigenvalue weighted by atomic mass is 16.5. The third-order valence-electron chi connectivity index (χ3n) is 3.08. The number of nitrogens with two attached hydrogens (primary N) is 1. The molecule has 0 amide bonds. The lowest BCUT2D eigenvalue weighted by Crippen LogP contribution is -2.02. The van der Waals surface area contributed by atoms with Crippen molar-refractivity contribution >= 4 is 0 Å². The van der Waals surface area contributed by atoms with Gasteiger partial charge >= 0.3 is 0 Å². The molecule has 0 bridgehead atoms. The van der Waals surface area contributed by atoms with Gasteiger partial charge in [-0.3, -0.25) is 0 Å². The second kappa shape index (κ2) is 6.25. The minimum absolute atomic E-state index is 0.645. The van der Waals surface area contributed by atoms with E-state index in [0.717, 1.165) is 29.0 Å². The highest BCUT2D eigenvalue weighted by molar-refractivity contribution is 5.77. The summed E-state index contributed by atoms with van der Waals surface area (Å²) >= 11 is 0. The lowest BCUT2D eigenvalue weighted by molar-refractivity contribution is 0.397. The topological polar surface area (TPSA) is 44.5 Å². The van der Waals surface area contributed by atoms with E-state index >= 15 is 0 Å². The van der Waals surface area contributed by atoms with Gasteiger partial charge in [-0.1, -0.05) is 30.3 Å². The Morgan fingerprint density at radius 2 is 1.58 bits per heavy atom. The quantitative estimate of drug-likeness (QED) is 0.895. The fourth-order valence-corrected chi connectivity index (χ4v) is 2.18. The fourth-order valence-electron chi connectivity index (χ4n) is 2.18. The van der Waals surface area contributed by atoms with Gasteiger partial charge in [-0.25, -0.2) is 0 Å². The molecule has 2 aromatic rings. The summed E-state index contributed by atoms with van der Waals surface area (Å²) in [6.45, 7) is 0.645. The normalized spacial score (nSPS) is 10.3. The molecular formula is C16H19NO2. The summed E-state index contributed by atoms with van der Waals surface area (Å²) in [7, 11) is 3.34. The zero-order chi connectivity index (χ0) is 13.7. The third-order valence-corrected chi connectivity index (χ3v) is 3.08. The monoisotopic (exact) mass is 257 g/mol. The van der Waals surface area contributed by atoms with Crippen LogP contribution in [0.15, 0.2) is 42.5 Å². The van der Waals surface area contributed by atoms with Crippen molar-refractivity contribution in [1.29, 1.82) is 0 Å². The number of rotatable bonds is 5. The average molecular weight is 257 g/mol. The number of hydrogen-bond donors (Lipinski definition) is 1. The second-order valence-electron chi connectivity index (χ2n) is 4.28. The minimum Gasteiger partial charge on any atom is -0.496 e. The van der Waals surface area contributed by atoms with Crippen molar-refractivity contribution in [3.8, 4) is 22.6 Å². The van der Waals surface area contributed by atoms with Crippen molar-refractivity contribution in [1.82, 2.24) is 0 Å². The van der Waals surface area contributed by atoms with E-state index in [4.69, 9.17) is 15.2 Å². The second-order valence-corrected chi connectivity index (χ2v) is 4.28. The largest absolute Gasteiger partial charge is 0.496 e. The molecule has 3 heteroatoms. The van der Waals surface area contributed by atoms with E-state index in [-0.39, 0.29) is 0 Å². The molecule has 0 unspecified atom stereocenters. The van der Waals surface area contributed by atoms with Crippen molar-refractivity contribution in [2.75, 3.05) is 20.8 Å². The first-order valence-electron chi connectivity index (χ1n) is 6.30. The molecule has 0 aliphatic rings. The fraction of sp³-hybridized carbons (Fsp3) is 0.250. The summed E-state index contributed by atoms with van der Waals surface area (Å²) in [6.07, 6.45) is 0.866. The van der Waals surface area contributed by atoms with Crippen LogP contribution in [0.1, 0.15) is 5.56 Å². The zero-order valence-electron chi connectivity index (χ0n) is 11.3. The Labute approximate surface area is 114 Å². The molecule has 0 radical (unpaired) electrons. The molecule has 100 valence electrons. The molecule has 0 aliphatic heterocycles. The number of ether oxygens (including phenoxy) is 2. The molecule has 2 N–H and O–H groups in total. The van der Waals surface area contributed by atoms with E-state index in [0.29, 0.717) is 6.54 Å². The molecule has 0 aliphatic carbocycles. The minimum atomic E-state index is 0.645. The molecule has 0 atom stereocenters. The Morgan fingerprint density at radius 1 is 0.947 bits per heavy atom. The highest BCUT2D eigenvalue weighted by Gasteiger charge is 2.12. The summed E-state index contributed by atoms with van der Waals surface area (Å²) in [5, 5.41) is 0. The van der Waals surface area contributed by atoms with E-state index in [1.165, 1.54) is 5.56 Å². The van der Waals surface area contributed by atoms with Gasteiger partial charge in [-0.05, 0) is 36.2 Å². The predicted octanol–water partition coefficient (Wildman–Crippen LogP) is 2.87. The number of methoxy groups -OCH3 is 2. The summed E-state index contributed by atoms with van der Waals surface area (Å²) in [5.74, 6) is 1.62. The summed E-state index contributed by atoms with van der Waals surface area (Å²) in [4.78, 5) is 0. The lowest BCUT2D eigenvalue weighted by Gasteiger charge is -2.14. The summed E-state index contributed by atoms with van der Waals surface area (Å²) in [5.41, 5.74) is 8.89. The van der Waals surface area contributed by atoms with Crippen LogP contribution in [-0.4, -0.2) is 20.8 Å². The van der Waals surface area contributed by atoms with E-state index in [2.05, 4.69) is 18.2 Å². The molecule has 0 heterocycles. The van der Waals surface area contributed by atoms with Crippen molar-refractivity contribution in [2.24, 2.45) is 5.73 Å². The van der Waals surface area contributed by atoms with Crippen molar-refractivity contribution in [3.05, 3.63) is 48.0 Å². The Balaban J connectivity index is 2.53. The van der Waals surface area contributed by atoms with Gasteiger partial charge in [0, 0.05) is 0 Å². The average Bonchev–Trinajstić information content (AvgIpc) is 2.47. The lowest BCUT2D eigenvalue weighted by atomic mass is 10.00. The van der Waals surface area contributed by atoms with Gasteiger partial charge in [0.1, 0.15) is 11.5 Å². The molecule has 0 aromatic heterocycles. The van der Waals surface area contributed by atoms with Gasteiger partial charge in [-0.15, -0.1) is 0 Å². The molecule has 19 heavy (non-hydrogen) atoms. The SMILES string of the molecule is COc1cccc(OC)c1-c1cccc(CCN)c1. The Hall–Kier alpha value is -2.00. The summed E-state index contributed by atoms with van der Waals surface area (Å²) < 4.78 is 10.9. The Kier molecular flexibility index (Phi) is 4.42. The molecule has 0 saturated heterocycles. The Bertz CT molecular complexity index is 530. The van der Waals surface area contributed by atoms with Crippen LogP contribution in [-0.2, 0) is 6.42 Å². The van der Waals surface area contributed by atoms with E-state index in [1.807, 2.05) is 24.3 Å². The molecule has 0 saturated carbocycles. The molecular weight excluding hydrogens is 238 g/mol. The standard InChI is InChI=1S/C16H19NO2/c1-18-14-7-4-8-15(19-2)16(14)13-6-3-5-12(11-13)9-10-17/h3-8,11H,9-10,17H2,1-2H3. The van der Waals surface area contributed by atoms with Gasteiger partial charge in [0.25, 0.3) is 0 Å². The molecule has 0 fully saturated rings. The van der Waals surface area contributed by atoms with Gasteiger partial charge in [0.2, 0.25) is 0 Å². The van der Waals surface area contributed by atoms with Gasteiger partial charge in [-0.2, -0.15) is 0 Å². The van der Waals surface area contributed by atoms with Crippen LogP contribution >= 0.6 is 0 Å². The smallest absolute Gasteiger partial charge is 0.130 e. The number of benzene rings is 2. The third kappa shape index (κ3) is 2.88. The van der Waals surface area contributed by atoms with Gasteiger partial charge in [0.15, 0.2) is 0 Å². The van der Waals surface area contributed by atoms with Crippen molar-refractivity contribution in [3.63, 3.8) is 0 Å². The van der Waals surface area contributed by atoms with Crippen LogP contribution in [0.2, 0.25) is 0 Å². The van der Waals surface area contributed by atoms with Crippen LogP contribution < -0.4 is 15.2 Å². The van der Waals surface area contributed by atoms with E-state index in [9.17, 15) is 0 Å². The first-order valence-corrected chi connectivity index (χ1v) is 6.30. The zero-order valence-corrected chi connectivity index (χ0v) is 11.3. The van der Waals surface area contributed by atoms with Gasteiger partial charge < -0.3 is 15.2 Å². The first-order chi connectivity index (χ1) is 9.30. The van der Waals surface area contributed by atoms with Crippen molar-refractivity contribution < 1.29 is 9.47 Å². The number of hydrogen-bond acceptors (Lipinski definition) is 3. The maximum Gasteiger partial charge on any atom is 0.130 e. The predicted molar refractivity (Wildman–Crippen MR) is 77.7 cm³/mol. The Morgan fingerprint density at radius 3 is 2.16 bits per heavy atom. The van der Waals surface area contributed by atoms with Crippen LogP contribution in [0.5, 0.6) is 11.5 Å².